The van der Waals surface area contributed by atoms with Gasteiger partial charge in [-0.1, -0.05) is 6.07 Å². The van der Waals surface area contributed by atoms with Gasteiger partial charge in [0.25, 0.3) is 0 Å². The van der Waals surface area contributed by atoms with Crippen LogP contribution in [0.3, 0.4) is 0 Å². The lowest BCUT2D eigenvalue weighted by Gasteiger charge is -2.44. The van der Waals surface area contributed by atoms with Crippen molar-refractivity contribution in [3.8, 4) is 6.07 Å². The molecule has 0 spiro atoms. The minimum Gasteiger partial charge on any atom is -0.363 e. The van der Waals surface area contributed by atoms with Crippen molar-refractivity contribution in [1.29, 1.82) is 5.26 Å². The van der Waals surface area contributed by atoms with Crippen molar-refractivity contribution in [1.82, 2.24) is 5.32 Å². The summed E-state index contributed by atoms with van der Waals surface area (Å²) in [6.45, 7) is 9.31. The molecule has 1 aromatic carbocycles. The zero-order valence-electron chi connectivity index (χ0n) is 10.7. The van der Waals surface area contributed by atoms with Gasteiger partial charge in [0.2, 0.25) is 0 Å². The van der Waals surface area contributed by atoms with Crippen LogP contribution in [0.5, 0.6) is 0 Å². The molecule has 0 saturated carbocycles. The lowest BCUT2D eigenvalue weighted by Crippen LogP contribution is -2.58. The van der Waals surface area contributed by atoms with Crippen molar-refractivity contribution in [2.45, 2.75) is 26.3 Å². The van der Waals surface area contributed by atoms with Crippen LogP contribution < -0.4 is 10.2 Å². The van der Waals surface area contributed by atoms with Gasteiger partial charge in [0, 0.05) is 25.2 Å². The third kappa shape index (κ3) is 2.27. The second kappa shape index (κ2) is 4.38. The average Bonchev–Trinajstić information content (AvgIpc) is 2.29. The molecule has 3 nitrogen and oxygen atoms in total. The van der Waals surface area contributed by atoms with Gasteiger partial charge in [0.1, 0.15) is 6.07 Å². The molecule has 0 atom stereocenters. The van der Waals surface area contributed by atoms with Gasteiger partial charge >= 0.3 is 0 Å². The van der Waals surface area contributed by atoms with Gasteiger partial charge in [-0.15, -0.1) is 0 Å². The molecule has 0 unspecified atom stereocenters. The zero-order chi connectivity index (χ0) is 12.5. The summed E-state index contributed by atoms with van der Waals surface area (Å²) in [6, 6.07) is 8.42. The fourth-order valence-electron chi connectivity index (χ4n) is 2.40. The first-order chi connectivity index (χ1) is 8.04. The topological polar surface area (TPSA) is 39.1 Å². The summed E-state index contributed by atoms with van der Waals surface area (Å²) in [6.07, 6.45) is 0. The summed E-state index contributed by atoms with van der Waals surface area (Å²) in [7, 11) is 0. The molecule has 1 fully saturated rings. The summed E-state index contributed by atoms with van der Waals surface area (Å²) in [5.41, 5.74) is 3.03. The molecule has 1 aromatic rings. The summed E-state index contributed by atoms with van der Waals surface area (Å²) in [5, 5.41) is 12.7. The molecule has 1 N–H and O–H groups in total. The highest BCUT2D eigenvalue weighted by molar-refractivity contribution is 5.62. The van der Waals surface area contributed by atoms with Crippen LogP contribution in [0, 0.1) is 18.3 Å². The van der Waals surface area contributed by atoms with E-state index in [4.69, 9.17) is 0 Å². The van der Waals surface area contributed by atoms with Crippen molar-refractivity contribution >= 4 is 5.69 Å². The standard InChI is InChI=1S/C14H19N3/c1-11-4-5-13(12(8-11)9-15)17-7-6-16-10-14(17,2)3/h4-5,8,16H,6-7,10H2,1-3H3. The van der Waals surface area contributed by atoms with Crippen LogP contribution in [0.4, 0.5) is 5.69 Å². The summed E-state index contributed by atoms with van der Waals surface area (Å²) < 4.78 is 0. The molecule has 0 aliphatic carbocycles. The average molecular weight is 229 g/mol. The van der Waals surface area contributed by atoms with Gasteiger partial charge in [-0.05, 0) is 38.5 Å². The maximum Gasteiger partial charge on any atom is 0.101 e. The lowest BCUT2D eigenvalue weighted by atomic mass is 9.97. The Bertz CT molecular complexity index is 457. The third-order valence-corrected chi connectivity index (χ3v) is 3.36. The van der Waals surface area contributed by atoms with Crippen molar-refractivity contribution in [3.05, 3.63) is 29.3 Å². The maximum absolute atomic E-state index is 9.25. The van der Waals surface area contributed by atoms with Crippen molar-refractivity contribution in [3.63, 3.8) is 0 Å². The van der Waals surface area contributed by atoms with Crippen LogP contribution >= 0.6 is 0 Å². The van der Waals surface area contributed by atoms with E-state index in [2.05, 4.69) is 42.3 Å². The Balaban J connectivity index is 2.42. The van der Waals surface area contributed by atoms with Crippen molar-refractivity contribution in [2.75, 3.05) is 24.5 Å². The van der Waals surface area contributed by atoms with Crippen molar-refractivity contribution < 1.29 is 0 Å². The Kier molecular flexibility index (Phi) is 3.08. The number of anilines is 1. The summed E-state index contributed by atoms with van der Waals surface area (Å²) in [5.74, 6) is 0. The number of piperazine rings is 1. The van der Waals surface area contributed by atoms with Gasteiger partial charge in [-0.2, -0.15) is 5.26 Å². The Labute approximate surface area is 103 Å². The number of rotatable bonds is 1. The minimum absolute atomic E-state index is 0.0547. The first kappa shape index (κ1) is 11.9. The van der Waals surface area contributed by atoms with Gasteiger partial charge in [0.15, 0.2) is 0 Å². The molecule has 0 aromatic heterocycles. The zero-order valence-corrected chi connectivity index (χ0v) is 10.7. The Hall–Kier alpha value is -1.53. The predicted octanol–water partition coefficient (Wildman–Crippen LogP) is 2.05. The second-order valence-electron chi connectivity index (χ2n) is 5.27. The quantitative estimate of drug-likeness (QED) is 0.801. The highest BCUT2D eigenvalue weighted by Gasteiger charge is 2.30. The fourth-order valence-corrected chi connectivity index (χ4v) is 2.40. The molecule has 1 aliphatic heterocycles. The molecule has 0 bridgehead atoms. The van der Waals surface area contributed by atoms with E-state index in [1.54, 1.807) is 0 Å². The van der Waals surface area contributed by atoms with E-state index in [0.29, 0.717) is 0 Å². The number of benzene rings is 1. The molecule has 2 rings (SSSR count). The van der Waals surface area contributed by atoms with E-state index in [1.165, 1.54) is 0 Å². The molecule has 1 heterocycles. The SMILES string of the molecule is Cc1ccc(N2CCNCC2(C)C)c(C#N)c1. The number of nitrogens with zero attached hydrogens (tertiary/aromatic N) is 2. The summed E-state index contributed by atoms with van der Waals surface area (Å²) >= 11 is 0. The molecular formula is C14H19N3. The third-order valence-electron chi connectivity index (χ3n) is 3.36. The van der Waals surface area contributed by atoms with E-state index >= 15 is 0 Å². The number of nitriles is 1. The molecule has 1 saturated heterocycles. The van der Waals surface area contributed by atoms with Gasteiger partial charge < -0.3 is 10.2 Å². The lowest BCUT2D eigenvalue weighted by molar-refractivity contribution is 0.380. The van der Waals surface area contributed by atoms with Crippen molar-refractivity contribution in [2.24, 2.45) is 0 Å². The van der Waals surface area contributed by atoms with Gasteiger partial charge in [-0.3, -0.25) is 0 Å². The van der Waals surface area contributed by atoms with Gasteiger partial charge in [0.05, 0.1) is 11.3 Å². The van der Waals surface area contributed by atoms with Crippen LogP contribution in [0.25, 0.3) is 0 Å². The molecule has 90 valence electrons. The highest BCUT2D eigenvalue weighted by Crippen LogP contribution is 2.28. The van der Waals surface area contributed by atoms with Crippen LogP contribution in [-0.4, -0.2) is 25.2 Å². The second-order valence-corrected chi connectivity index (χ2v) is 5.27. The molecule has 1 aliphatic rings. The molecule has 17 heavy (non-hydrogen) atoms. The number of nitrogens with one attached hydrogen (secondary N) is 1. The molecular weight excluding hydrogens is 210 g/mol. The monoisotopic (exact) mass is 229 g/mol. The Morgan fingerprint density at radius 2 is 2.18 bits per heavy atom. The fraction of sp³-hybridized carbons (Fsp3) is 0.500. The van der Waals surface area contributed by atoms with E-state index in [0.717, 1.165) is 36.4 Å². The normalized spacial score (nSPS) is 18.8. The summed E-state index contributed by atoms with van der Waals surface area (Å²) in [4.78, 5) is 2.33. The largest absolute Gasteiger partial charge is 0.363 e. The molecule has 0 radical (unpaired) electrons. The Morgan fingerprint density at radius 3 is 2.82 bits per heavy atom. The minimum atomic E-state index is 0.0547. The van der Waals surface area contributed by atoms with E-state index in [1.807, 2.05) is 13.0 Å². The number of hydrogen-bond donors (Lipinski definition) is 1. The highest BCUT2D eigenvalue weighted by atomic mass is 15.3. The first-order valence-electron chi connectivity index (χ1n) is 6.04. The number of hydrogen-bond acceptors (Lipinski definition) is 3. The Morgan fingerprint density at radius 1 is 1.41 bits per heavy atom. The van der Waals surface area contributed by atoms with Gasteiger partial charge in [-0.25, -0.2) is 0 Å². The van der Waals surface area contributed by atoms with Crippen LogP contribution in [0.2, 0.25) is 0 Å². The van der Waals surface area contributed by atoms with E-state index < -0.39 is 0 Å². The molecule has 0 amide bonds. The number of aryl methyl sites for hydroxylation is 1. The first-order valence-corrected chi connectivity index (χ1v) is 6.04. The molecule has 3 heteroatoms. The van der Waals surface area contributed by atoms with E-state index in [-0.39, 0.29) is 5.54 Å². The van der Waals surface area contributed by atoms with Crippen LogP contribution in [-0.2, 0) is 0 Å². The van der Waals surface area contributed by atoms with Crippen LogP contribution in [0.1, 0.15) is 25.0 Å². The van der Waals surface area contributed by atoms with Crippen LogP contribution in [0.15, 0.2) is 18.2 Å². The smallest absolute Gasteiger partial charge is 0.101 e. The predicted molar refractivity (Wildman–Crippen MR) is 70.2 cm³/mol. The van der Waals surface area contributed by atoms with E-state index in [9.17, 15) is 5.26 Å². The maximum atomic E-state index is 9.25.